The van der Waals surface area contributed by atoms with Crippen LogP contribution < -0.4 is 9.64 Å². The lowest BCUT2D eigenvalue weighted by Crippen LogP contribution is -2.46. The highest BCUT2D eigenvalue weighted by molar-refractivity contribution is 5.70. The van der Waals surface area contributed by atoms with E-state index in [1.807, 2.05) is 6.07 Å². The molecule has 6 rings (SSSR count). The summed E-state index contributed by atoms with van der Waals surface area (Å²) < 4.78 is 57.6. The Morgan fingerprint density at radius 1 is 1.08 bits per heavy atom. The van der Waals surface area contributed by atoms with Gasteiger partial charge in [-0.25, -0.2) is 4.39 Å². The van der Waals surface area contributed by atoms with Crippen LogP contribution in [0.1, 0.15) is 61.3 Å². The third-order valence-electron chi connectivity index (χ3n) is 7.63. The van der Waals surface area contributed by atoms with Gasteiger partial charge in [-0.2, -0.15) is 14.0 Å². The molecule has 6 nitrogen and oxygen atoms in total. The summed E-state index contributed by atoms with van der Waals surface area (Å²) in [6, 6.07) is 13.5. The van der Waals surface area contributed by atoms with E-state index in [1.165, 1.54) is 12.1 Å². The Balaban J connectivity index is 1.20. The minimum Gasteiger partial charge on any atom is -0.434 e. The zero-order chi connectivity index (χ0) is 25.5. The van der Waals surface area contributed by atoms with E-state index in [1.54, 1.807) is 30.3 Å². The molecule has 2 aromatic carbocycles. The number of alkyl halides is 2. The number of fused-ring (bicyclic) bond motifs is 2. The van der Waals surface area contributed by atoms with Gasteiger partial charge in [0, 0.05) is 29.1 Å². The lowest BCUT2D eigenvalue weighted by Gasteiger charge is -2.40. The Labute approximate surface area is 212 Å². The second-order valence-electron chi connectivity index (χ2n) is 10.00. The molecule has 1 aromatic heterocycles. The van der Waals surface area contributed by atoms with Gasteiger partial charge in [0.1, 0.15) is 23.0 Å². The SMILES string of the molecule is N#Cc1ccc(N2C3CCC2CC(OCc2c(-c4ccccc4OC(F)F)noc2C2CC2)C3)c(F)c1. The molecule has 0 amide bonds. The van der Waals surface area contributed by atoms with Crippen LogP contribution in [0.25, 0.3) is 11.3 Å². The standard InChI is InChI=1S/C28H26F3N3O3/c29-23-11-16(14-32)5-10-24(23)34-18-8-9-19(34)13-20(12-18)35-15-22-26(33-37-27(22)17-6-7-17)21-3-1-2-4-25(21)36-28(30)31/h1-5,10-11,17-20,28H,6-9,12-13,15H2. The summed E-state index contributed by atoms with van der Waals surface area (Å²) >= 11 is 0. The fourth-order valence-corrected chi connectivity index (χ4v) is 5.84. The van der Waals surface area contributed by atoms with Crippen molar-refractivity contribution in [3.63, 3.8) is 0 Å². The van der Waals surface area contributed by atoms with Crippen LogP contribution in [0.2, 0.25) is 0 Å². The second-order valence-corrected chi connectivity index (χ2v) is 10.00. The lowest BCUT2D eigenvalue weighted by molar-refractivity contribution is -0.0494. The molecule has 3 aromatic rings. The molecule has 9 heteroatoms. The van der Waals surface area contributed by atoms with Gasteiger partial charge >= 0.3 is 6.61 Å². The predicted molar refractivity (Wildman–Crippen MR) is 129 cm³/mol. The largest absolute Gasteiger partial charge is 0.434 e. The van der Waals surface area contributed by atoms with Crippen LogP contribution in [-0.2, 0) is 11.3 Å². The molecule has 3 heterocycles. The summed E-state index contributed by atoms with van der Waals surface area (Å²) in [4.78, 5) is 2.15. The monoisotopic (exact) mass is 509 g/mol. The zero-order valence-corrected chi connectivity index (χ0v) is 20.1. The zero-order valence-electron chi connectivity index (χ0n) is 20.1. The number of piperidine rings is 1. The van der Waals surface area contributed by atoms with E-state index in [0.717, 1.165) is 49.8 Å². The number of hydrogen-bond acceptors (Lipinski definition) is 6. The number of halogens is 3. The van der Waals surface area contributed by atoms with Gasteiger partial charge in [-0.3, -0.25) is 0 Å². The topological polar surface area (TPSA) is 71.5 Å². The first-order valence-corrected chi connectivity index (χ1v) is 12.6. The maximum atomic E-state index is 14.8. The second kappa shape index (κ2) is 9.75. The first kappa shape index (κ1) is 23.9. The van der Waals surface area contributed by atoms with E-state index in [4.69, 9.17) is 19.3 Å². The van der Waals surface area contributed by atoms with Gasteiger partial charge in [-0.15, -0.1) is 0 Å². The average Bonchev–Trinajstić information content (AvgIpc) is 3.59. The van der Waals surface area contributed by atoms with Gasteiger partial charge in [0.25, 0.3) is 0 Å². The van der Waals surface area contributed by atoms with E-state index < -0.39 is 6.61 Å². The highest BCUT2D eigenvalue weighted by Crippen LogP contribution is 2.46. The Morgan fingerprint density at radius 3 is 2.51 bits per heavy atom. The Morgan fingerprint density at radius 2 is 1.84 bits per heavy atom. The molecule has 2 unspecified atom stereocenters. The van der Waals surface area contributed by atoms with Crippen molar-refractivity contribution in [1.29, 1.82) is 5.26 Å². The summed E-state index contributed by atoms with van der Waals surface area (Å²) in [5.74, 6) is 0.690. The normalized spacial score (nSPS) is 22.9. The van der Waals surface area contributed by atoms with E-state index in [0.29, 0.717) is 22.5 Å². The maximum absolute atomic E-state index is 14.8. The number of hydrogen-bond donors (Lipinski definition) is 0. The van der Waals surface area contributed by atoms with Gasteiger partial charge in [-0.05, 0) is 68.9 Å². The number of ether oxygens (including phenoxy) is 2. The number of benzene rings is 2. The molecule has 2 aliphatic heterocycles. The fraction of sp³-hybridized carbons (Fsp3) is 0.429. The van der Waals surface area contributed by atoms with E-state index in [9.17, 15) is 13.2 Å². The van der Waals surface area contributed by atoms with Crippen molar-refractivity contribution in [3.8, 4) is 23.1 Å². The predicted octanol–water partition coefficient (Wildman–Crippen LogP) is 6.55. The highest BCUT2D eigenvalue weighted by atomic mass is 19.3. The molecule has 2 atom stereocenters. The Bertz CT molecular complexity index is 1320. The van der Waals surface area contributed by atoms with E-state index in [-0.39, 0.29) is 42.3 Å². The summed E-state index contributed by atoms with van der Waals surface area (Å²) in [5.41, 5.74) is 2.54. The maximum Gasteiger partial charge on any atom is 0.387 e. The molecule has 37 heavy (non-hydrogen) atoms. The van der Waals surface area contributed by atoms with Crippen LogP contribution in [0.4, 0.5) is 18.9 Å². The van der Waals surface area contributed by atoms with E-state index >= 15 is 0 Å². The van der Waals surface area contributed by atoms with Crippen molar-refractivity contribution >= 4 is 5.69 Å². The molecule has 3 fully saturated rings. The van der Waals surface area contributed by atoms with Gasteiger partial charge < -0.3 is 18.9 Å². The van der Waals surface area contributed by atoms with Crippen molar-refractivity contribution < 1.29 is 27.2 Å². The van der Waals surface area contributed by atoms with Crippen molar-refractivity contribution in [1.82, 2.24) is 5.16 Å². The molecular formula is C28H26F3N3O3. The van der Waals surface area contributed by atoms with Crippen LogP contribution in [-0.4, -0.2) is 30.0 Å². The number of nitriles is 1. The fourth-order valence-electron chi connectivity index (χ4n) is 5.84. The highest BCUT2D eigenvalue weighted by Gasteiger charge is 2.42. The molecule has 1 aliphatic carbocycles. The molecule has 3 aliphatic rings. The molecule has 192 valence electrons. The van der Waals surface area contributed by atoms with Crippen LogP contribution in [0.15, 0.2) is 47.0 Å². The number of rotatable bonds is 8. The van der Waals surface area contributed by atoms with Crippen LogP contribution in [0, 0.1) is 17.1 Å². The van der Waals surface area contributed by atoms with Crippen LogP contribution >= 0.6 is 0 Å². The first-order chi connectivity index (χ1) is 18.0. The lowest BCUT2D eigenvalue weighted by atomic mass is 9.98. The molecule has 1 saturated carbocycles. The third kappa shape index (κ3) is 4.66. The number of anilines is 1. The van der Waals surface area contributed by atoms with Crippen molar-refractivity contribution in [2.75, 3.05) is 4.90 Å². The minimum atomic E-state index is -2.95. The van der Waals surface area contributed by atoms with E-state index in [2.05, 4.69) is 10.1 Å². The number of nitrogens with zero attached hydrogens (tertiary/aromatic N) is 3. The first-order valence-electron chi connectivity index (χ1n) is 12.6. The van der Waals surface area contributed by atoms with Gasteiger partial charge in [0.2, 0.25) is 0 Å². The van der Waals surface area contributed by atoms with Crippen molar-refractivity contribution in [3.05, 3.63) is 65.2 Å². The molecule has 2 saturated heterocycles. The Kier molecular flexibility index (Phi) is 6.29. The average molecular weight is 510 g/mol. The molecular weight excluding hydrogens is 483 g/mol. The molecule has 0 N–H and O–H groups in total. The summed E-state index contributed by atoms with van der Waals surface area (Å²) in [5, 5.41) is 13.3. The van der Waals surface area contributed by atoms with Crippen molar-refractivity contribution in [2.45, 2.75) is 75.8 Å². The van der Waals surface area contributed by atoms with Gasteiger partial charge in [-0.1, -0.05) is 17.3 Å². The summed E-state index contributed by atoms with van der Waals surface area (Å²) in [6.45, 7) is -2.69. The van der Waals surface area contributed by atoms with Crippen LogP contribution in [0.5, 0.6) is 5.75 Å². The quantitative estimate of drug-likeness (QED) is 0.343. The smallest absolute Gasteiger partial charge is 0.387 e. The molecule has 0 radical (unpaired) electrons. The van der Waals surface area contributed by atoms with Gasteiger partial charge in [0.05, 0.1) is 30.0 Å². The summed E-state index contributed by atoms with van der Waals surface area (Å²) in [6.07, 6.45) is 5.37. The Hall–Kier alpha value is -3.51. The third-order valence-corrected chi connectivity index (χ3v) is 7.63. The number of aromatic nitrogens is 1. The summed E-state index contributed by atoms with van der Waals surface area (Å²) in [7, 11) is 0. The number of para-hydroxylation sites is 1. The molecule has 0 spiro atoms. The molecule has 2 bridgehead atoms. The minimum absolute atomic E-state index is 0.0300. The van der Waals surface area contributed by atoms with Crippen LogP contribution in [0.3, 0.4) is 0 Å². The van der Waals surface area contributed by atoms with Gasteiger partial charge in [0.15, 0.2) is 0 Å². The van der Waals surface area contributed by atoms with Crippen molar-refractivity contribution in [2.24, 2.45) is 0 Å².